The second kappa shape index (κ2) is 7.68. The van der Waals surface area contributed by atoms with E-state index in [1.165, 1.54) is 19.3 Å². The Balaban J connectivity index is 1.49. The number of amides is 1. The van der Waals surface area contributed by atoms with Crippen molar-refractivity contribution in [3.63, 3.8) is 0 Å². The van der Waals surface area contributed by atoms with Crippen LogP contribution in [0.3, 0.4) is 0 Å². The van der Waals surface area contributed by atoms with Crippen molar-refractivity contribution in [3.8, 4) is 11.5 Å². The summed E-state index contributed by atoms with van der Waals surface area (Å²) in [6.45, 7) is 3.82. The molecule has 23 heavy (non-hydrogen) atoms. The minimum Gasteiger partial charge on any atom is -0.493 e. The van der Waals surface area contributed by atoms with Gasteiger partial charge in [-0.2, -0.15) is 0 Å². The average Bonchev–Trinajstić information content (AvgIpc) is 2.77. The van der Waals surface area contributed by atoms with E-state index in [9.17, 15) is 4.79 Å². The zero-order valence-electron chi connectivity index (χ0n) is 13.9. The van der Waals surface area contributed by atoms with Gasteiger partial charge in [0.2, 0.25) is 0 Å². The first kappa shape index (κ1) is 16.1. The summed E-state index contributed by atoms with van der Waals surface area (Å²) in [5.74, 6) is 1.34. The maximum Gasteiger partial charge on any atom is 0.260 e. The Morgan fingerprint density at radius 2 is 1.87 bits per heavy atom. The van der Waals surface area contributed by atoms with Gasteiger partial charge in [-0.25, -0.2) is 0 Å². The Kier molecular flexibility index (Phi) is 5.39. The van der Waals surface area contributed by atoms with Gasteiger partial charge in [0.1, 0.15) is 0 Å². The number of benzene rings is 1. The molecule has 0 aromatic heterocycles. The summed E-state index contributed by atoms with van der Waals surface area (Å²) in [7, 11) is 1.61. The van der Waals surface area contributed by atoms with Crippen molar-refractivity contribution >= 4 is 5.91 Å². The Morgan fingerprint density at radius 1 is 1.09 bits per heavy atom. The van der Waals surface area contributed by atoms with Gasteiger partial charge >= 0.3 is 0 Å². The summed E-state index contributed by atoms with van der Waals surface area (Å²) in [5, 5.41) is 0. The van der Waals surface area contributed by atoms with E-state index in [0.717, 1.165) is 38.6 Å². The molecule has 0 atom stereocenters. The predicted molar refractivity (Wildman–Crippen MR) is 88.9 cm³/mol. The molecule has 1 amide bonds. The van der Waals surface area contributed by atoms with E-state index in [-0.39, 0.29) is 12.5 Å². The highest BCUT2D eigenvalue weighted by Crippen LogP contribution is 2.26. The Hall–Kier alpha value is -1.75. The third kappa shape index (κ3) is 3.96. The average molecular weight is 318 g/mol. The molecule has 0 radical (unpaired) electrons. The van der Waals surface area contributed by atoms with E-state index in [0.29, 0.717) is 11.5 Å². The summed E-state index contributed by atoms with van der Waals surface area (Å²) in [6, 6.07) is 8.19. The molecule has 2 aliphatic rings. The minimum atomic E-state index is 0.0614. The molecule has 5 nitrogen and oxygen atoms in total. The number of carbonyl (C=O) groups excluding carboxylic acids is 1. The fraction of sp³-hybridized carbons (Fsp3) is 0.611. The van der Waals surface area contributed by atoms with Gasteiger partial charge in [-0.05, 0) is 31.4 Å². The molecule has 0 N–H and O–H groups in total. The fourth-order valence-electron chi connectivity index (χ4n) is 3.27. The lowest BCUT2D eigenvalue weighted by molar-refractivity contribution is -0.133. The zero-order chi connectivity index (χ0) is 16.1. The molecular weight excluding hydrogens is 292 g/mol. The molecule has 5 heteroatoms. The van der Waals surface area contributed by atoms with Crippen LogP contribution >= 0.6 is 0 Å². The zero-order valence-corrected chi connectivity index (χ0v) is 13.9. The third-order valence-corrected chi connectivity index (χ3v) is 4.89. The van der Waals surface area contributed by atoms with Crippen LogP contribution in [0.4, 0.5) is 0 Å². The van der Waals surface area contributed by atoms with Crippen molar-refractivity contribution in [2.45, 2.75) is 31.7 Å². The minimum absolute atomic E-state index is 0.0614. The highest BCUT2D eigenvalue weighted by molar-refractivity contribution is 5.77. The molecule has 1 saturated heterocycles. The number of ether oxygens (including phenoxy) is 2. The maximum absolute atomic E-state index is 12.4. The SMILES string of the molecule is COc1ccccc1OCC(=O)N1CCCN(C2CCC2)CC1. The summed E-state index contributed by atoms with van der Waals surface area (Å²) in [6.07, 6.45) is 5.06. The largest absolute Gasteiger partial charge is 0.493 e. The molecule has 2 fully saturated rings. The number of hydrogen-bond acceptors (Lipinski definition) is 4. The van der Waals surface area contributed by atoms with Crippen molar-refractivity contribution in [1.29, 1.82) is 0 Å². The van der Waals surface area contributed by atoms with Gasteiger partial charge in [0, 0.05) is 32.2 Å². The van der Waals surface area contributed by atoms with Gasteiger partial charge in [0.25, 0.3) is 5.91 Å². The van der Waals surface area contributed by atoms with Crippen molar-refractivity contribution < 1.29 is 14.3 Å². The van der Waals surface area contributed by atoms with E-state index in [4.69, 9.17) is 9.47 Å². The van der Waals surface area contributed by atoms with Crippen LogP contribution in [0.1, 0.15) is 25.7 Å². The van der Waals surface area contributed by atoms with Crippen LogP contribution in [0.25, 0.3) is 0 Å². The molecule has 1 aliphatic carbocycles. The second-order valence-electron chi connectivity index (χ2n) is 6.29. The Labute approximate surface area is 138 Å². The highest BCUT2D eigenvalue weighted by atomic mass is 16.5. The molecule has 126 valence electrons. The number of methoxy groups -OCH3 is 1. The van der Waals surface area contributed by atoms with E-state index >= 15 is 0 Å². The van der Waals surface area contributed by atoms with Crippen LogP contribution < -0.4 is 9.47 Å². The van der Waals surface area contributed by atoms with Crippen LogP contribution in [0, 0.1) is 0 Å². The lowest BCUT2D eigenvalue weighted by Gasteiger charge is -2.36. The number of para-hydroxylation sites is 2. The Bertz CT molecular complexity index is 531. The number of carbonyl (C=O) groups is 1. The lowest BCUT2D eigenvalue weighted by atomic mass is 9.91. The molecular formula is C18H26N2O3. The van der Waals surface area contributed by atoms with Crippen molar-refractivity contribution in [1.82, 2.24) is 9.80 Å². The highest BCUT2D eigenvalue weighted by Gasteiger charge is 2.27. The number of hydrogen-bond donors (Lipinski definition) is 0. The standard InChI is InChI=1S/C18H26N2O3/c1-22-16-8-2-3-9-17(16)23-14-18(21)20-11-5-10-19(12-13-20)15-6-4-7-15/h2-3,8-9,15H,4-7,10-14H2,1H3. The van der Waals surface area contributed by atoms with Crippen molar-refractivity contribution in [2.75, 3.05) is 39.9 Å². The molecule has 1 saturated carbocycles. The predicted octanol–water partition coefficient (Wildman–Crippen LogP) is 2.16. The first-order valence-electron chi connectivity index (χ1n) is 8.55. The molecule has 1 aliphatic heterocycles. The van der Waals surface area contributed by atoms with E-state index in [1.54, 1.807) is 7.11 Å². The van der Waals surface area contributed by atoms with Gasteiger partial charge in [-0.15, -0.1) is 0 Å². The lowest BCUT2D eigenvalue weighted by Crippen LogP contribution is -2.43. The number of nitrogens with zero attached hydrogens (tertiary/aromatic N) is 2. The van der Waals surface area contributed by atoms with Crippen LogP contribution in [0.5, 0.6) is 11.5 Å². The van der Waals surface area contributed by atoms with Crippen molar-refractivity contribution in [3.05, 3.63) is 24.3 Å². The van der Waals surface area contributed by atoms with E-state index < -0.39 is 0 Å². The molecule has 0 bridgehead atoms. The van der Waals surface area contributed by atoms with Crippen LogP contribution in [0.15, 0.2) is 24.3 Å². The molecule has 1 aromatic carbocycles. The first-order chi connectivity index (χ1) is 11.3. The molecule has 3 rings (SSSR count). The Morgan fingerprint density at radius 3 is 2.57 bits per heavy atom. The monoisotopic (exact) mass is 318 g/mol. The van der Waals surface area contributed by atoms with Gasteiger partial charge in [-0.3, -0.25) is 9.69 Å². The van der Waals surface area contributed by atoms with Gasteiger partial charge in [-0.1, -0.05) is 18.6 Å². The maximum atomic E-state index is 12.4. The quantitative estimate of drug-likeness (QED) is 0.834. The second-order valence-corrected chi connectivity index (χ2v) is 6.29. The summed E-state index contributed by atoms with van der Waals surface area (Å²) in [4.78, 5) is 16.9. The molecule has 0 spiro atoms. The fourth-order valence-corrected chi connectivity index (χ4v) is 3.27. The molecule has 1 heterocycles. The smallest absolute Gasteiger partial charge is 0.260 e. The molecule has 0 unspecified atom stereocenters. The van der Waals surface area contributed by atoms with Gasteiger partial charge < -0.3 is 14.4 Å². The van der Waals surface area contributed by atoms with Crippen LogP contribution in [-0.2, 0) is 4.79 Å². The third-order valence-electron chi connectivity index (χ3n) is 4.89. The summed E-state index contributed by atoms with van der Waals surface area (Å²) >= 11 is 0. The van der Waals surface area contributed by atoms with E-state index in [1.807, 2.05) is 29.2 Å². The van der Waals surface area contributed by atoms with E-state index in [2.05, 4.69) is 4.90 Å². The number of rotatable bonds is 5. The van der Waals surface area contributed by atoms with Crippen LogP contribution in [0.2, 0.25) is 0 Å². The normalized spacial score (nSPS) is 19.8. The topological polar surface area (TPSA) is 42.0 Å². The summed E-state index contributed by atoms with van der Waals surface area (Å²) < 4.78 is 10.9. The van der Waals surface area contributed by atoms with Crippen LogP contribution in [-0.4, -0.2) is 61.6 Å². The van der Waals surface area contributed by atoms with Gasteiger partial charge in [0.05, 0.1) is 7.11 Å². The van der Waals surface area contributed by atoms with Gasteiger partial charge in [0.15, 0.2) is 18.1 Å². The van der Waals surface area contributed by atoms with Crippen molar-refractivity contribution in [2.24, 2.45) is 0 Å². The molecule has 1 aromatic rings. The first-order valence-corrected chi connectivity index (χ1v) is 8.55. The summed E-state index contributed by atoms with van der Waals surface area (Å²) in [5.41, 5.74) is 0.